The van der Waals surface area contributed by atoms with Crippen LogP contribution in [0.15, 0.2) is 91.0 Å². The highest BCUT2D eigenvalue weighted by molar-refractivity contribution is 6.91. The van der Waals surface area contributed by atoms with Gasteiger partial charge in [0.05, 0.1) is 0 Å². The van der Waals surface area contributed by atoms with Gasteiger partial charge >= 0.3 is 0 Å². The van der Waals surface area contributed by atoms with Crippen molar-refractivity contribution in [1.82, 2.24) is 0 Å². The van der Waals surface area contributed by atoms with Crippen molar-refractivity contribution in [2.24, 2.45) is 0 Å². The van der Waals surface area contributed by atoms with Crippen LogP contribution in [-0.2, 0) is 6.42 Å². The second-order valence-electron chi connectivity index (χ2n) is 10.8. The highest BCUT2D eigenvalue weighted by Gasteiger charge is 2.26. The van der Waals surface area contributed by atoms with Crippen molar-refractivity contribution >= 4 is 28.7 Å². The van der Waals surface area contributed by atoms with E-state index in [2.05, 4.69) is 97.9 Å². The highest BCUT2D eigenvalue weighted by Crippen LogP contribution is 2.22. The largest absolute Gasteiger partial charge is 0.103 e. The molecule has 0 amide bonds. The van der Waals surface area contributed by atoms with Crippen LogP contribution >= 0.6 is 0 Å². The van der Waals surface area contributed by atoms with Gasteiger partial charge in [0.15, 0.2) is 0 Å². The zero-order valence-electron chi connectivity index (χ0n) is 22.9. The molecule has 0 bridgehead atoms. The molecular weight excluding hydrogens is 465 g/mol. The van der Waals surface area contributed by atoms with E-state index in [1.54, 1.807) is 10.4 Å². The molecule has 3 rings (SSSR count). The van der Waals surface area contributed by atoms with Crippen molar-refractivity contribution < 1.29 is 0 Å². The van der Waals surface area contributed by atoms with E-state index in [0.29, 0.717) is 0 Å². The first-order chi connectivity index (χ1) is 17.9. The minimum absolute atomic E-state index is 0.102. The molecule has 36 heavy (non-hydrogen) atoms. The molecule has 0 aliphatic carbocycles. The second kappa shape index (κ2) is 18.4. The average Bonchev–Trinajstić information content (AvgIpc) is 2.93. The van der Waals surface area contributed by atoms with Gasteiger partial charge in [0, 0.05) is 9.52 Å². The van der Waals surface area contributed by atoms with Gasteiger partial charge < -0.3 is 0 Å². The summed E-state index contributed by atoms with van der Waals surface area (Å²) in [5.41, 5.74) is 1.50. The molecule has 2 heteroatoms. The number of hydrogen-bond donors (Lipinski definition) is 0. The molecule has 0 spiro atoms. The van der Waals surface area contributed by atoms with Gasteiger partial charge in [-0.2, -0.15) is 0 Å². The maximum absolute atomic E-state index is 2.43. The molecule has 0 saturated carbocycles. The Morgan fingerprint density at radius 1 is 0.556 bits per heavy atom. The number of unbranched alkanes of at least 4 members (excludes halogenated alkanes) is 9. The third kappa shape index (κ3) is 11.0. The molecule has 0 fully saturated rings. The van der Waals surface area contributed by atoms with Gasteiger partial charge in [-0.25, -0.2) is 0 Å². The van der Waals surface area contributed by atoms with Crippen LogP contribution in [0, 0.1) is 0 Å². The summed E-state index contributed by atoms with van der Waals surface area (Å²) in [4.78, 5) is 0. The van der Waals surface area contributed by atoms with Crippen LogP contribution in [0.25, 0.3) is 0 Å². The third-order valence-corrected chi connectivity index (χ3v) is 15.8. The van der Waals surface area contributed by atoms with E-state index in [9.17, 15) is 0 Å². The van der Waals surface area contributed by atoms with Gasteiger partial charge in [0.2, 0.25) is 0 Å². The second-order valence-corrected chi connectivity index (χ2v) is 17.3. The molecule has 1 unspecified atom stereocenters. The predicted octanol–water partition coefficient (Wildman–Crippen LogP) is 7.89. The Bertz CT molecular complexity index is 855. The van der Waals surface area contributed by atoms with Crippen molar-refractivity contribution in [3.63, 3.8) is 0 Å². The molecule has 194 valence electrons. The SMILES string of the molecule is CCCCCCCCCCCC[SiH2]C(CCCc1ccccc1)[SiH](c1ccccc1)c1ccccc1. The van der Waals surface area contributed by atoms with Gasteiger partial charge in [-0.3, -0.25) is 0 Å². The van der Waals surface area contributed by atoms with E-state index in [1.165, 1.54) is 95.1 Å². The van der Waals surface area contributed by atoms with Crippen molar-refractivity contribution in [3.05, 3.63) is 96.6 Å². The Labute approximate surface area is 226 Å². The molecule has 0 heterocycles. The number of rotatable bonds is 19. The maximum atomic E-state index is 2.43. The van der Waals surface area contributed by atoms with Crippen LogP contribution in [-0.4, -0.2) is 18.3 Å². The van der Waals surface area contributed by atoms with Crippen LogP contribution < -0.4 is 10.4 Å². The van der Waals surface area contributed by atoms with Crippen molar-refractivity contribution in [2.75, 3.05) is 0 Å². The highest BCUT2D eigenvalue weighted by atomic mass is 28.3. The third-order valence-electron chi connectivity index (χ3n) is 7.85. The van der Waals surface area contributed by atoms with Crippen molar-refractivity contribution in [3.8, 4) is 0 Å². The number of benzene rings is 3. The molecule has 0 nitrogen and oxygen atoms in total. The number of aryl methyl sites for hydroxylation is 1. The van der Waals surface area contributed by atoms with Gasteiger partial charge in [-0.15, -0.1) is 0 Å². The first kappa shape index (κ1) is 28.7. The predicted molar refractivity (Wildman–Crippen MR) is 168 cm³/mol. The fourth-order valence-electron chi connectivity index (χ4n) is 5.82. The minimum atomic E-state index is -1.21. The summed E-state index contributed by atoms with van der Waals surface area (Å²) in [7, 11) is -1.32. The lowest BCUT2D eigenvalue weighted by Gasteiger charge is -2.27. The van der Waals surface area contributed by atoms with Gasteiger partial charge in [-0.1, -0.05) is 185 Å². The number of hydrogen-bond acceptors (Lipinski definition) is 0. The molecule has 0 aromatic heterocycles. The summed E-state index contributed by atoms with van der Waals surface area (Å²) >= 11 is 0. The van der Waals surface area contributed by atoms with Crippen molar-refractivity contribution in [1.29, 1.82) is 0 Å². The lowest BCUT2D eigenvalue weighted by Crippen LogP contribution is -2.47. The Morgan fingerprint density at radius 3 is 1.56 bits per heavy atom. The van der Waals surface area contributed by atoms with Crippen LogP contribution in [0.3, 0.4) is 0 Å². The monoisotopic (exact) mass is 514 g/mol. The first-order valence-electron chi connectivity index (χ1n) is 15.0. The average molecular weight is 515 g/mol. The zero-order valence-corrected chi connectivity index (χ0v) is 25.5. The Morgan fingerprint density at radius 2 is 1.03 bits per heavy atom. The topological polar surface area (TPSA) is 0 Å². The molecule has 3 aromatic carbocycles. The molecular formula is C34H50Si2. The van der Waals surface area contributed by atoms with Crippen LogP contribution in [0.4, 0.5) is 0 Å². The lowest BCUT2D eigenvalue weighted by molar-refractivity contribution is 0.562. The van der Waals surface area contributed by atoms with Crippen LogP contribution in [0.2, 0.25) is 11.2 Å². The fraction of sp³-hybridized carbons (Fsp3) is 0.471. The smallest absolute Gasteiger partial charge is 0.0654 e. The lowest BCUT2D eigenvalue weighted by atomic mass is 10.1. The Balaban J connectivity index is 1.54. The molecule has 0 aliphatic heterocycles. The standard InChI is InChI=1S/C34H50Si2/c1-2-3-4-5-6-7-8-9-10-20-30-35-34(29-21-24-31-22-14-11-15-23-31)36(32-25-16-12-17-26-32)33-27-18-13-19-28-33/h11-19,22-23,25-28,34,36H,2-10,20-21,24,29-30,35H2,1H3. The summed E-state index contributed by atoms with van der Waals surface area (Å²) in [6, 6.07) is 35.8. The van der Waals surface area contributed by atoms with E-state index in [0.717, 1.165) is 5.16 Å². The molecule has 3 aromatic rings. The van der Waals surface area contributed by atoms with E-state index >= 15 is 0 Å². The van der Waals surface area contributed by atoms with Crippen LogP contribution in [0.5, 0.6) is 0 Å². The van der Waals surface area contributed by atoms with Crippen LogP contribution in [0.1, 0.15) is 89.5 Å². The Kier molecular flexibility index (Phi) is 14.6. The van der Waals surface area contributed by atoms with E-state index in [-0.39, 0.29) is 9.52 Å². The molecule has 1 atom stereocenters. The Hall–Kier alpha value is -1.91. The van der Waals surface area contributed by atoms with Gasteiger partial charge in [-0.05, 0) is 23.6 Å². The molecule has 0 aliphatic rings. The summed E-state index contributed by atoms with van der Waals surface area (Å²) in [6.45, 7) is 2.31. The quantitative estimate of drug-likeness (QED) is 0.113. The van der Waals surface area contributed by atoms with Crippen molar-refractivity contribution in [2.45, 2.75) is 102 Å². The van der Waals surface area contributed by atoms with Gasteiger partial charge in [0.25, 0.3) is 0 Å². The fourth-order valence-corrected chi connectivity index (χ4v) is 14.6. The first-order valence-corrected chi connectivity index (χ1v) is 18.7. The summed E-state index contributed by atoms with van der Waals surface area (Å²) in [5.74, 6) is 0. The molecule has 0 radical (unpaired) electrons. The summed E-state index contributed by atoms with van der Waals surface area (Å²) in [5, 5.41) is 4.28. The molecule has 0 saturated heterocycles. The normalized spacial score (nSPS) is 12.5. The molecule has 0 N–H and O–H groups in total. The summed E-state index contributed by atoms with van der Waals surface area (Å²) in [6.07, 6.45) is 18.4. The minimum Gasteiger partial charge on any atom is -0.0654 e. The maximum Gasteiger partial charge on any atom is 0.103 e. The van der Waals surface area contributed by atoms with E-state index < -0.39 is 8.80 Å². The van der Waals surface area contributed by atoms with E-state index in [1.807, 2.05) is 0 Å². The van der Waals surface area contributed by atoms with E-state index in [4.69, 9.17) is 0 Å². The zero-order chi connectivity index (χ0) is 25.1. The summed E-state index contributed by atoms with van der Waals surface area (Å²) < 4.78 is 0. The van der Waals surface area contributed by atoms with Gasteiger partial charge in [0.1, 0.15) is 8.80 Å².